The number of aromatic nitrogens is 1. The number of nitrogens with zero attached hydrogens (tertiary/aromatic N) is 3. The van der Waals surface area contributed by atoms with Crippen LogP contribution in [0.5, 0.6) is 0 Å². The first-order chi connectivity index (χ1) is 11.7. The van der Waals surface area contributed by atoms with Crippen LogP contribution in [0.2, 0.25) is 5.15 Å². The van der Waals surface area contributed by atoms with Crippen LogP contribution in [0.4, 0.5) is 16.2 Å². The molecule has 25 heavy (non-hydrogen) atoms. The van der Waals surface area contributed by atoms with Crippen molar-refractivity contribution in [3.63, 3.8) is 0 Å². The van der Waals surface area contributed by atoms with Crippen LogP contribution in [0, 0.1) is 0 Å². The highest BCUT2D eigenvalue weighted by atomic mass is 35.5. The van der Waals surface area contributed by atoms with E-state index in [0.717, 1.165) is 19.4 Å². The number of anilines is 2. The van der Waals surface area contributed by atoms with E-state index in [1.807, 2.05) is 25.7 Å². The van der Waals surface area contributed by atoms with Gasteiger partial charge in [-0.25, -0.2) is 9.78 Å². The van der Waals surface area contributed by atoms with Gasteiger partial charge in [-0.2, -0.15) is 0 Å². The Morgan fingerprint density at radius 2 is 2.24 bits per heavy atom. The molecule has 2 heterocycles. The molecule has 0 aliphatic carbocycles. The molecule has 1 amide bonds. The second-order valence-electron chi connectivity index (χ2n) is 6.88. The fourth-order valence-electron chi connectivity index (χ4n) is 2.70. The van der Waals surface area contributed by atoms with Crippen molar-refractivity contribution in [3.05, 3.63) is 17.4 Å². The Balaban J connectivity index is 2.11. The molecule has 8 nitrogen and oxygen atoms in total. The van der Waals surface area contributed by atoms with Crippen LogP contribution in [0.1, 0.15) is 33.6 Å². The highest BCUT2D eigenvalue weighted by Crippen LogP contribution is 2.32. The van der Waals surface area contributed by atoms with Crippen LogP contribution in [-0.4, -0.2) is 48.1 Å². The lowest BCUT2D eigenvalue weighted by Gasteiger charge is -2.36. The zero-order valence-corrected chi connectivity index (χ0v) is 15.7. The molecule has 2 rings (SSSR count). The minimum atomic E-state index is -0.542. The predicted octanol–water partition coefficient (Wildman–Crippen LogP) is 2.99. The monoisotopic (exact) mass is 372 g/mol. The molecule has 0 radical (unpaired) electrons. The van der Waals surface area contributed by atoms with Gasteiger partial charge in [0.05, 0.1) is 19.0 Å². The van der Waals surface area contributed by atoms with Crippen LogP contribution < -0.4 is 15.4 Å². The Morgan fingerprint density at radius 1 is 1.52 bits per heavy atom. The topological polar surface area (TPSA) is 87.2 Å². The molecule has 0 bridgehead atoms. The summed E-state index contributed by atoms with van der Waals surface area (Å²) in [6.45, 7) is 6.80. The molecule has 0 unspecified atom stereocenters. The number of pyridine rings is 1. The molecule has 2 N–H and O–H groups in total. The number of carbonyl (C=O) groups excluding carboxylic acids is 1. The first-order valence-electron chi connectivity index (χ1n) is 8.12. The third-order valence-electron chi connectivity index (χ3n) is 3.69. The van der Waals surface area contributed by atoms with E-state index in [1.165, 1.54) is 13.3 Å². The zero-order valence-electron chi connectivity index (χ0n) is 15.0. The van der Waals surface area contributed by atoms with Gasteiger partial charge in [-0.05, 0) is 33.6 Å². The van der Waals surface area contributed by atoms with Crippen LogP contribution in [0.15, 0.2) is 12.3 Å². The SMILES string of the molecule is CON(O)c1cnc(Cl)cc1N1CCC[C@H](NC(=O)OC(C)(C)C)C1. The Morgan fingerprint density at radius 3 is 2.88 bits per heavy atom. The van der Waals surface area contributed by atoms with Gasteiger partial charge < -0.3 is 15.0 Å². The molecule has 1 atom stereocenters. The summed E-state index contributed by atoms with van der Waals surface area (Å²) < 4.78 is 5.31. The Hall–Kier alpha value is -1.77. The minimum absolute atomic E-state index is 0.0712. The van der Waals surface area contributed by atoms with Gasteiger partial charge in [0.1, 0.15) is 16.4 Å². The standard InChI is InChI=1S/C16H25ClN4O4/c1-16(2,3)25-15(22)19-11-6-5-7-20(10-11)12-8-14(17)18-9-13(12)21(23)24-4/h8-9,11,23H,5-7,10H2,1-4H3,(H,19,22)/t11-/m0/s1. The molecular weight excluding hydrogens is 348 g/mol. The van der Waals surface area contributed by atoms with Crippen molar-refractivity contribution in [1.29, 1.82) is 0 Å². The fraction of sp³-hybridized carbons (Fsp3) is 0.625. The molecule has 1 aliphatic heterocycles. The smallest absolute Gasteiger partial charge is 0.407 e. The average Bonchev–Trinajstić information content (AvgIpc) is 2.52. The average molecular weight is 373 g/mol. The Kier molecular flexibility index (Phi) is 6.31. The maximum Gasteiger partial charge on any atom is 0.407 e. The summed E-state index contributed by atoms with van der Waals surface area (Å²) in [5.41, 5.74) is 0.518. The van der Waals surface area contributed by atoms with Gasteiger partial charge in [-0.1, -0.05) is 11.6 Å². The van der Waals surface area contributed by atoms with E-state index >= 15 is 0 Å². The first kappa shape index (κ1) is 19.6. The molecule has 0 aromatic carbocycles. The van der Waals surface area contributed by atoms with E-state index in [1.54, 1.807) is 6.07 Å². The van der Waals surface area contributed by atoms with E-state index in [9.17, 15) is 10.0 Å². The lowest BCUT2D eigenvalue weighted by atomic mass is 10.0. The number of amides is 1. The van der Waals surface area contributed by atoms with Crippen molar-refractivity contribution in [1.82, 2.24) is 10.3 Å². The van der Waals surface area contributed by atoms with Gasteiger partial charge >= 0.3 is 6.09 Å². The number of hydrogen-bond donors (Lipinski definition) is 2. The van der Waals surface area contributed by atoms with Gasteiger partial charge in [0.15, 0.2) is 0 Å². The first-order valence-corrected chi connectivity index (χ1v) is 8.50. The van der Waals surface area contributed by atoms with Gasteiger partial charge in [-0.3, -0.25) is 10.0 Å². The van der Waals surface area contributed by atoms with Gasteiger partial charge in [0, 0.05) is 25.2 Å². The van der Waals surface area contributed by atoms with E-state index in [2.05, 4.69) is 10.3 Å². The molecule has 1 saturated heterocycles. The molecule has 1 aromatic heterocycles. The molecule has 140 valence electrons. The number of rotatable bonds is 4. The van der Waals surface area contributed by atoms with Gasteiger partial charge in [0.2, 0.25) is 0 Å². The molecular formula is C16H25ClN4O4. The zero-order chi connectivity index (χ0) is 18.6. The lowest BCUT2D eigenvalue weighted by Crippen LogP contribution is -2.49. The summed E-state index contributed by atoms with van der Waals surface area (Å²) >= 11 is 6.01. The molecule has 1 aromatic rings. The number of ether oxygens (including phenoxy) is 1. The third-order valence-corrected chi connectivity index (χ3v) is 3.90. The highest BCUT2D eigenvalue weighted by molar-refractivity contribution is 6.29. The van der Waals surface area contributed by atoms with Crippen LogP contribution >= 0.6 is 11.6 Å². The summed E-state index contributed by atoms with van der Waals surface area (Å²) in [7, 11) is 1.35. The number of nitrogens with one attached hydrogen (secondary N) is 1. The van der Waals surface area contributed by atoms with Crippen LogP contribution in [0.25, 0.3) is 0 Å². The lowest BCUT2D eigenvalue weighted by molar-refractivity contribution is -0.0109. The quantitative estimate of drug-likeness (QED) is 0.620. The maximum atomic E-state index is 12.0. The molecule has 1 aliphatic rings. The molecule has 9 heteroatoms. The van der Waals surface area contributed by atoms with E-state index in [-0.39, 0.29) is 6.04 Å². The summed E-state index contributed by atoms with van der Waals surface area (Å²) in [6.07, 6.45) is 2.72. The van der Waals surface area contributed by atoms with Crippen molar-refractivity contribution >= 4 is 29.1 Å². The van der Waals surface area contributed by atoms with E-state index in [0.29, 0.717) is 28.3 Å². The number of hydrogen-bond acceptors (Lipinski definition) is 7. The second-order valence-corrected chi connectivity index (χ2v) is 7.27. The normalized spacial score (nSPS) is 18.0. The summed E-state index contributed by atoms with van der Waals surface area (Å²) in [5.74, 6) is 0. The Bertz CT molecular complexity index is 608. The number of piperidine rings is 1. The van der Waals surface area contributed by atoms with Crippen LogP contribution in [-0.2, 0) is 9.57 Å². The summed E-state index contributed by atoms with van der Waals surface area (Å²) in [5, 5.41) is 13.7. The summed E-state index contributed by atoms with van der Waals surface area (Å²) in [6, 6.07) is 1.59. The minimum Gasteiger partial charge on any atom is -0.444 e. The molecule has 0 spiro atoms. The van der Waals surface area contributed by atoms with Crippen LogP contribution in [0.3, 0.4) is 0 Å². The van der Waals surface area contributed by atoms with E-state index in [4.69, 9.17) is 21.2 Å². The number of alkyl carbamates (subject to hydrolysis) is 1. The van der Waals surface area contributed by atoms with Crippen molar-refractivity contribution in [2.45, 2.75) is 45.3 Å². The number of halogens is 1. The Labute approximate surface area is 152 Å². The second kappa shape index (κ2) is 8.07. The molecule has 0 saturated carbocycles. The predicted molar refractivity (Wildman–Crippen MR) is 95.1 cm³/mol. The molecule has 1 fully saturated rings. The maximum absolute atomic E-state index is 12.0. The summed E-state index contributed by atoms with van der Waals surface area (Å²) in [4.78, 5) is 22.8. The number of carbonyl (C=O) groups is 1. The fourth-order valence-corrected chi connectivity index (χ4v) is 2.85. The van der Waals surface area contributed by atoms with E-state index < -0.39 is 11.7 Å². The van der Waals surface area contributed by atoms with Crippen molar-refractivity contribution in [3.8, 4) is 0 Å². The highest BCUT2D eigenvalue weighted by Gasteiger charge is 2.26. The van der Waals surface area contributed by atoms with Crippen molar-refractivity contribution < 1.29 is 19.6 Å². The van der Waals surface area contributed by atoms with Crippen molar-refractivity contribution in [2.24, 2.45) is 0 Å². The third kappa shape index (κ3) is 5.62. The van der Waals surface area contributed by atoms with Crippen molar-refractivity contribution in [2.75, 3.05) is 30.3 Å². The van der Waals surface area contributed by atoms with Gasteiger partial charge in [0.25, 0.3) is 0 Å². The van der Waals surface area contributed by atoms with Gasteiger partial charge in [-0.15, -0.1) is 5.23 Å². The largest absolute Gasteiger partial charge is 0.444 e.